The fraction of sp³-hybridized carbons (Fsp3) is 0.235. The first-order valence-electron chi connectivity index (χ1n) is 7.37. The average molecular weight is 297 g/mol. The van der Waals surface area contributed by atoms with Crippen molar-refractivity contribution in [3.05, 3.63) is 48.5 Å². The summed E-state index contributed by atoms with van der Waals surface area (Å²) in [7, 11) is 0. The van der Waals surface area contributed by atoms with Gasteiger partial charge in [0.2, 0.25) is 0 Å². The molecule has 1 atom stereocenters. The molecular formula is C17H19N3O2. The fourth-order valence-corrected chi connectivity index (χ4v) is 2.73. The van der Waals surface area contributed by atoms with Crippen LogP contribution in [0.1, 0.15) is 12.8 Å². The van der Waals surface area contributed by atoms with E-state index in [1.165, 1.54) is 5.01 Å². The summed E-state index contributed by atoms with van der Waals surface area (Å²) in [5, 5.41) is 14.3. The van der Waals surface area contributed by atoms with Gasteiger partial charge in [0.15, 0.2) is 0 Å². The highest BCUT2D eigenvalue weighted by molar-refractivity contribution is 5.96. The monoisotopic (exact) mass is 297 g/mol. The van der Waals surface area contributed by atoms with Crippen molar-refractivity contribution in [2.24, 2.45) is 5.84 Å². The number of amides is 1. The van der Waals surface area contributed by atoms with Crippen LogP contribution in [0, 0.1) is 0 Å². The maximum Gasteiger partial charge on any atom is 0.258 e. The highest BCUT2D eigenvalue weighted by Crippen LogP contribution is 2.30. The number of carbonyl (C=O) groups excluding carboxylic acids is 1. The van der Waals surface area contributed by atoms with Gasteiger partial charge in [-0.2, -0.15) is 0 Å². The molecule has 1 aliphatic heterocycles. The van der Waals surface area contributed by atoms with Gasteiger partial charge < -0.3 is 10.4 Å². The van der Waals surface area contributed by atoms with Crippen LogP contribution >= 0.6 is 0 Å². The predicted octanol–water partition coefficient (Wildman–Crippen LogP) is 2.02. The van der Waals surface area contributed by atoms with Crippen molar-refractivity contribution in [2.75, 3.05) is 11.6 Å². The molecular weight excluding hydrogens is 278 g/mol. The number of hydrazine groups is 1. The van der Waals surface area contributed by atoms with E-state index in [2.05, 4.69) is 5.32 Å². The van der Waals surface area contributed by atoms with Crippen molar-refractivity contribution in [3.8, 4) is 16.9 Å². The molecule has 1 aliphatic rings. The minimum Gasteiger partial charge on any atom is -0.507 e. The van der Waals surface area contributed by atoms with Gasteiger partial charge >= 0.3 is 0 Å². The number of para-hydroxylation sites is 1. The number of anilines is 1. The zero-order chi connectivity index (χ0) is 15.5. The van der Waals surface area contributed by atoms with E-state index >= 15 is 0 Å². The van der Waals surface area contributed by atoms with E-state index in [4.69, 9.17) is 5.84 Å². The van der Waals surface area contributed by atoms with Crippen molar-refractivity contribution >= 4 is 11.6 Å². The van der Waals surface area contributed by atoms with Crippen LogP contribution < -0.4 is 16.2 Å². The van der Waals surface area contributed by atoms with Crippen LogP contribution in [-0.4, -0.2) is 23.6 Å². The van der Waals surface area contributed by atoms with E-state index in [1.54, 1.807) is 18.2 Å². The van der Waals surface area contributed by atoms with E-state index < -0.39 is 0 Å². The quantitative estimate of drug-likeness (QED) is 0.460. The molecule has 4 N–H and O–H groups in total. The Hall–Kier alpha value is -2.37. The lowest BCUT2D eigenvalue weighted by atomic mass is 10.0. The second kappa shape index (κ2) is 6.17. The predicted molar refractivity (Wildman–Crippen MR) is 86.2 cm³/mol. The second-order valence-corrected chi connectivity index (χ2v) is 5.42. The lowest BCUT2D eigenvalue weighted by Crippen LogP contribution is -2.47. The first-order chi connectivity index (χ1) is 10.7. The number of nitrogens with one attached hydrogen (secondary N) is 1. The Morgan fingerprint density at radius 1 is 1.23 bits per heavy atom. The summed E-state index contributed by atoms with van der Waals surface area (Å²) in [5.74, 6) is 6.05. The SMILES string of the molecule is NN(C(=O)C1CCCN1)c1cccc(-c2ccccc2O)c1. The molecule has 0 spiro atoms. The topological polar surface area (TPSA) is 78.6 Å². The summed E-state index contributed by atoms with van der Waals surface area (Å²) in [5.41, 5.74) is 2.14. The number of rotatable bonds is 3. The number of hydrogen-bond acceptors (Lipinski definition) is 4. The minimum atomic E-state index is -0.209. The van der Waals surface area contributed by atoms with Gasteiger partial charge in [-0.05, 0) is 43.1 Å². The first-order valence-corrected chi connectivity index (χ1v) is 7.37. The summed E-state index contributed by atoms with van der Waals surface area (Å²) in [4.78, 5) is 12.3. The van der Waals surface area contributed by atoms with E-state index in [9.17, 15) is 9.90 Å². The number of hydrogen-bond donors (Lipinski definition) is 3. The van der Waals surface area contributed by atoms with Gasteiger partial charge in [-0.3, -0.25) is 4.79 Å². The molecule has 1 saturated heterocycles. The minimum absolute atomic E-state index is 0.132. The van der Waals surface area contributed by atoms with Crippen LogP contribution in [0.15, 0.2) is 48.5 Å². The van der Waals surface area contributed by atoms with Crippen molar-refractivity contribution in [3.63, 3.8) is 0 Å². The zero-order valence-corrected chi connectivity index (χ0v) is 12.2. The highest BCUT2D eigenvalue weighted by Gasteiger charge is 2.26. The Morgan fingerprint density at radius 3 is 2.77 bits per heavy atom. The first kappa shape index (κ1) is 14.6. The summed E-state index contributed by atoms with van der Waals surface area (Å²) < 4.78 is 0. The Balaban J connectivity index is 1.87. The zero-order valence-electron chi connectivity index (χ0n) is 12.2. The molecule has 0 bridgehead atoms. The van der Waals surface area contributed by atoms with Crippen molar-refractivity contribution in [1.82, 2.24) is 5.32 Å². The van der Waals surface area contributed by atoms with Crippen LogP contribution in [0.3, 0.4) is 0 Å². The normalized spacial score (nSPS) is 17.4. The van der Waals surface area contributed by atoms with Crippen molar-refractivity contribution < 1.29 is 9.90 Å². The lowest BCUT2D eigenvalue weighted by molar-refractivity contribution is -0.120. The van der Waals surface area contributed by atoms with Gasteiger partial charge in [-0.15, -0.1) is 0 Å². The van der Waals surface area contributed by atoms with Gasteiger partial charge in [0.25, 0.3) is 5.91 Å². The van der Waals surface area contributed by atoms with Crippen LogP contribution in [0.4, 0.5) is 5.69 Å². The molecule has 22 heavy (non-hydrogen) atoms. The van der Waals surface area contributed by atoms with Crippen molar-refractivity contribution in [2.45, 2.75) is 18.9 Å². The van der Waals surface area contributed by atoms with Crippen LogP contribution in [0.2, 0.25) is 0 Å². The third-order valence-corrected chi connectivity index (χ3v) is 3.94. The number of nitrogens with zero attached hydrogens (tertiary/aromatic N) is 1. The molecule has 5 heteroatoms. The Kier molecular flexibility index (Phi) is 4.09. The Labute approximate surface area is 129 Å². The fourth-order valence-electron chi connectivity index (χ4n) is 2.73. The van der Waals surface area contributed by atoms with E-state index in [0.29, 0.717) is 11.3 Å². The van der Waals surface area contributed by atoms with Crippen molar-refractivity contribution in [1.29, 1.82) is 0 Å². The second-order valence-electron chi connectivity index (χ2n) is 5.42. The number of nitrogens with two attached hydrogens (primary N) is 1. The molecule has 1 fully saturated rings. The largest absolute Gasteiger partial charge is 0.507 e. The molecule has 0 aliphatic carbocycles. The summed E-state index contributed by atoms with van der Waals surface area (Å²) in [6.45, 7) is 0.849. The number of carbonyl (C=O) groups is 1. The summed E-state index contributed by atoms with van der Waals surface area (Å²) >= 11 is 0. The third kappa shape index (κ3) is 2.81. The number of phenolic OH excluding ortho intramolecular Hbond substituents is 1. The molecule has 114 valence electrons. The van der Waals surface area contributed by atoms with Gasteiger partial charge in [0, 0.05) is 5.56 Å². The smallest absolute Gasteiger partial charge is 0.258 e. The number of aromatic hydroxyl groups is 1. The molecule has 5 nitrogen and oxygen atoms in total. The molecule has 2 aromatic carbocycles. The van der Waals surface area contributed by atoms with Gasteiger partial charge in [-0.25, -0.2) is 10.9 Å². The molecule has 1 amide bonds. The van der Waals surface area contributed by atoms with Crippen LogP contribution in [0.25, 0.3) is 11.1 Å². The Morgan fingerprint density at radius 2 is 2.05 bits per heavy atom. The average Bonchev–Trinajstić information content (AvgIpc) is 3.08. The van der Waals surface area contributed by atoms with Gasteiger partial charge in [0.1, 0.15) is 5.75 Å². The van der Waals surface area contributed by atoms with Crippen LogP contribution in [0.5, 0.6) is 5.75 Å². The van der Waals surface area contributed by atoms with Crippen LogP contribution in [-0.2, 0) is 4.79 Å². The number of benzene rings is 2. The summed E-state index contributed by atoms with van der Waals surface area (Å²) in [6.07, 6.45) is 1.80. The lowest BCUT2D eigenvalue weighted by Gasteiger charge is -2.21. The van der Waals surface area contributed by atoms with Gasteiger partial charge in [-0.1, -0.05) is 30.3 Å². The standard InChI is InChI=1S/C17H19N3O2/c18-20(17(22)15-8-4-10-19-15)13-6-3-5-12(11-13)14-7-1-2-9-16(14)21/h1-3,5-7,9,11,15,19,21H,4,8,10,18H2. The van der Waals surface area contributed by atoms with E-state index in [1.807, 2.05) is 30.3 Å². The van der Waals surface area contributed by atoms with E-state index in [0.717, 1.165) is 24.9 Å². The molecule has 1 unspecified atom stereocenters. The summed E-state index contributed by atoms with van der Waals surface area (Å²) in [6, 6.07) is 14.2. The molecule has 0 radical (unpaired) electrons. The maximum atomic E-state index is 12.3. The molecule has 0 saturated carbocycles. The molecule has 2 aromatic rings. The molecule has 3 rings (SSSR count). The third-order valence-electron chi connectivity index (χ3n) is 3.94. The highest BCUT2D eigenvalue weighted by atomic mass is 16.3. The molecule has 1 heterocycles. The Bertz CT molecular complexity index is 681. The number of phenols is 1. The van der Waals surface area contributed by atoms with Gasteiger partial charge in [0.05, 0.1) is 11.7 Å². The molecule has 0 aromatic heterocycles. The maximum absolute atomic E-state index is 12.3. The van der Waals surface area contributed by atoms with E-state index in [-0.39, 0.29) is 17.7 Å².